The van der Waals surface area contributed by atoms with Gasteiger partial charge in [0.25, 0.3) is 0 Å². The molecule has 1 N–H and O–H groups in total. The third kappa shape index (κ3) is 3.18. The minimum atomic E-state index is -0.950. The summed E-state index contributed by atoms with van der Waals surface area (Å²) in [5.41, 5.74) is -0.602. The summed E-state index contributed by atoms with van der Waals surface area (Å²) in [6.07, 6.45) is 1.12. The minimum absolute atomic E-state index is 0.155. The van der Waals surface area contributed by atoms with Gasteiger partial charge in [0.2, 0.25) is 0 Å². The van der Waals surface area contributed by atoms with Crippen LogP contribution in [0.25, 0.3) is 0 Å². The second-order valence-corrected chi connectivity index (χ2v) is 6.27. The van der Waals surface area contributed by atoms with Crippen molar-refractivity contribution in [3.8, 4) is 0 Å². The van der Waals surface area contributed by atoms with Crippen LogP contribution in [0, 0.1) is 0 Å². The highest BCUT2D eigenvalue weighted by molar-refractivity contribution is 5.81. The van der Waals surface area contributed by atoms with Crippen molar-refractivity contribution in [3.63, 3.8) is 0 Å². The molecule has 2 atom stereocenters. The van der Waals surface area contributed by atoms with Crippen LogP contribution in [0.1, 0.15) is 33.6 Å². The van der Waals surface area contributed by atoms with Gasteiger partial charge < -0.3 is 9.84 Å². The summed E-state index contributed by atoms with van der Waals surface area (Å²) in [6, 6.07) is -0.609. The molecule has 2 saturated heterocycles. The maximum absolute atomic E-state index is 12.1. The summed E-state index contributed by atoms with van der Waals surface area (Å²) >= 11 is 0. The molecule has 0 aromatic heterocycles. The Labute approximate surface area is 113 Å². The molecule has 0 saturated carbocycles. The van der Waals surface area contributed by atoms with Crippen LogP contribution < -0.4 is 0 Å². The molecule has 1 amide bonds. The van der Waals surface area contributed by atoms with Gasteiger partial charge in [-0.15, -0.1) is 0 Å². The van der Waals surface area contributed by atoms with Gasteiger partial charge in [0.1, 0.15) is 11.6 Å². The molecule has 0 aromatic carbocycles. The molecule has 0 radical (unpaired) electrons. The van der Waals surface area contributed by atoms with E-state index in [9.17, 15) is 14.7 Å². The molecule has 0 spiro atoms. The van der Waals surface area contributed by atoms with Crippen molar-refractivity contribution in [2.75, 3.05) is 19.6 Å². The number of likely N-dealkylation sites (tertiary alicyclic amines) is 2. The number of aliphatic carboxylic acids is 1. The van der Waals surface area contributed by atoms with Crippen LogP contribution in [0.3, 0.4) is 0 Å². The topological polar surface area (TPSA) is 70.1 Å². The standard InChI is InChI=1S/C13H22N2O4/c1-13(2,3)19-12(18)15-8-9(14-5-4-6-14)7-10(15)11(16)17/h9-10H,4-8H2,1-3H3,(H,16,17)/t9-,10+/m0/s1. The predicted octanol–water partition coefficient (Wildman–Crippen LogP) is 1.15. The molecule has 6 heteroatoms. The molecule has 2 heterocycles. The van der Waals surface area contributed by atoms with E-state index in [4.69, 9.17) is 4.74 Å². The zero-order valence-electron chi connectivity index (χ0n) is 11.8. The van der Waals surface area contributed by atoms with E-state index in [1.807, 2.05) is 0 Å². The highest BCUT2D eigenvalue weighted by Crippen LogP contribution is 2.27. The second-order valence-electron chi connectivity index (χ2n) is 6.27. The Morgan fingerprint density at radius 1 is 1.26 bits per heavy atom. The SMILES string of the molecule is CC(C)(C)OC(=O)N1C[C@@H](N2CCC2)C[C@@H]1C(=O)O. The van der Waals surface area contributed by atoms with E-state index in [2.05, 4.69) is 4.90 Å². The molecule has 6 nitrogen and oxygen atoms in total. The summed E-state index contributed by atoms with van der Waals surface area (Å²) < 4.78 is 5.29. The van der Waals surface area contributed by atoms with Gasteiger partial charge in [-0.2, -0.15) is 0 Å². The highest BCUT2D eigenvalue weighted by Gasteiger charge is 2.44. The molecule has 2 aliphatic rings. The fourth-order valence-electron chi connectivity index (χ4n) is 2.54. The number of carbonyl (C=O) groups is 2. The van der Waals surface area contributed by atoms with Gasteiger partial charge in [0.05, 0.1) is 0 Å². The second kappa shape index (κ2) is 5.00. The maximum atomic E-state index is 12.1. The Bertz CT molecular complexity index is 373. The van der Waals surface area contributed by atoms with Gasteiger partial charge in [-0.1, -0.05) is 0 Å². The lowest BCUT2D eigenvalue weighted by Crippen LogP contribution is -2.47. The van der Waals surface area contributed by atoms with Crippen LogP contribution in [0.4, 0.5) is 4.79 Å². The van der Waals surface area contributed by atoms with Crippen molar-refractivity contribution in [2.45, 2.75) is 51.3 Å². The highest BCUT2D eigenvalue weighted by atomic mass is 16.6. The van der Waals surface area contributed by atoms with Gasteiger partial charge in [-0.25, -0.2) is 9.59 Å². The first kappa shape index (κ1) is 14.1. The molecule has 0 bridgehead atoms. The van der Waals surface area contributed by atoms with Crippen LogP contribution in [-0.2, 0) is 9.53 Å². The number of carboxylic acids is 1. The maximum Gasteiger partial charge on any atom is 0.411 e. The minimum Gasteiger partial charge on any atom is -0.480 e. The lowest BCUT2D eigenvalue weighted by Gasteiger charge is -2.36. The number of amides is 1. The van der Waals surface area contributed by atoms with Crippen molar-refractivity contribution in [2.24, 2.45) is 0 Å². The van der Waals surface area contributed by atoms with Crippen LogP contribution in [0.15, 0.2) is 0 Å². The molecule has 0 aromatic rings. The summed E-state index contributed by atoms with van der Waals surface area (Å²) in [5, 5.41) is 9.25. The van der Waals surface area contributed by atoms with Gasteiger partial charge in [-0.3, -0.25) is 9.80 Å². The van der Waals surface area contributed by atoms with Gasteiger partial charge in [0, 0.05) is 12.6 Å². The number of nitrogens with zero attached hydrogens (tertiary/aromatic N) is 2. The summed E-state index contributed by atoms with van der Waals surface area (Å²) in [7, 11) is 0. The Morgan fingerprint density at radius 3 is 2.32 bits per heavy atom. The van der Waals surface area contributed by atoms with Crippen molar-refractivity contribution in [3.05, 3.63) is 0 Å². The third-order valence-corrected chi connectivity index (χ3v) is 3.60. The molecule has 108 valence electrons. The fourth-order valence-corrected chi connectivity index (χ4v) is 2.54. The molecule has 19 heavy (non-hydrogen) atoms. The number of hydrogen-bond acceptors (Lipinski definition) is 4. The van der Waals surface area contributed by atoms with E-state index in [1.165, 1.54) is 4.90 Å². The molecule has 2 aliphatic heterocycles. The molecule has 2 fully saturated rings. The first-order valence-electron chi connectivity index (χ1n) is 6.74. The Kier molecular flexibility index (Phi) is 3.71. The monoisotopic (exact) mass is 270 g/mol. The van der Waals surface area contributed by atoms with E-state index < -0.39 is 23.7 Å². The Morgan fingerprint density at radius 2 is 1.89 bits per heavy atom. The summed E-state index contributed by atoms with van der Waals surface area (Å²) in [6.45, 7) is 7.79. The van der Waals surface area contributed by atoms with Crippen LogP contribution >= 0.6 is 0 Å². The van der Waals surface area contributed by atoms with Gasteiger partial charge in [-0.05, 0) is 46.7 Å². The third-order valence-electron chi connectivity index (χ3n) is 3.60. The average Bonchev–Trinajstić information content (AvgIpc) is 2.56. The Balaban J connectivity index is 2.04. The number of rotatable bonds is 2. The van der Waals surface area contributed by atoms with E-state index in [0.29, 0.717) is 13.0 Å². The van der Waals surface area contributed by atoms with E-state index in [1.54, 1.807) is 20.8 Å². The average molecular weight is 270 g/mol. The Hall–Kier alpha value is -1.30. The summed E-state index contributed by atoms with van der Waals surface area (Å²) in [5.74, 6) is -0.950. The van der Waals surface area contributed by atoms with Crippen molar-refractivity contribution >= 4 is 12.1 Å². The number of hydrogen-bond donors (Lipinski definition) is 1. The zero-order chi connectivity index (χ0) is 14.2. The molecule has 2 rings (SSSR count). The quantitative estimate of drug-likeness (QED) is 0.815. The summed E-state index contributed by atoms with van der Waals surface area (Å²) in [4.78, 5) is 27.0. The van der Waals surface area contributed by atoms with Crippen molar-refractivity contribution < 1.29 is 19.4 Å². The predicted molar refractivity (Wildman–Crippen MR) is 69.0 cm³/mol. The van der Waals surface area contributed by atoms with E-state index >= 15 is 0 Å². The van der Waals surface area contributed by atoms with Crippen LogP contribution in [0.5, 0.6) is 0 Å². The van der Waals surface area contributed by atoms with E-state index in [0.717, 1.165) is 19.5 Å². The zero-order valence-corrected chi connectivity index (χ0v) is 11.8. The first-order chi connectivity index (χ1) is 8.78. The lowest BCUT2D eigenvalue weighted by atomic mass is 10.1. The van der Waals surface area contributed by atoms with Gasteiger partial charge in [0.15, 0.2) is 0 Å². The number of carboxylic acid groups (broad SMARTS) is 1. The van der Waals surface area contributed by atoms with Gasteiger partial charge >= 0.3 is 12.1 Å². The van der Waals surface area contributed by atoms with Crippen LogP contribution in [-0.4, -0.2) is 64.3 Å². The fraction of sp³-hybridized carbons (Fsp3) is 0.846. The molecular weight excluding hydrogens is 248 g/mol. The lowest BCUT2D eigenvalue weighted by molar-refractivity contribution is -0.142. The largest absolute Gasteiger partial charge is 0.480 e. The molecule has 0 unspecified atom stereocenters. The van der Waals surface area contributed by atoms with Crippen molar-refractivity contribution in [1.29, 1.82) is 0 Å². The molecular formula is C13H22N2O4. The number of carbonyl (C=O) groups excluding carboxylic acids is 1. The number of ether oxygens (including phenoxy) is 1. The first-order valence-corrected chi connectivity index (χ1v) is 6.74. The molecule has 0 aliphatic carbocycles. The van der Waals surface area contributed by atoms with E-state index in [-0.39, 0.29) is 6.04 Å². The normalized spacial score (nSPS) is 28.1. The van der Waals surface area contributed by atoms with Crippen LogP contribution in [0.2, 0.25) is 0 Å². The van der Waals surface area contributed by atoms with Crippen molar-refractivity contribution in [1.82, 2.24) is 9.80 Å². The smallest absolute Gasteiger partial charge is 0.411 e.